The van der Waals surface area contributed by atoms with Crippen LogP contribution in [0.1, 0.15) is 30.8 Å². The van der Waals surface area contributed by atoms with E-state index in [1.807, 2.05) is 54.1 Å². The highest BCUT2D eigenvalue weighted by atomic mass is 16.1. The second kappa shape index (κ2) is 7.78. The molecule has 0 bridgehead atoms. The number of aryl methyl sites for hydroxylation is 1. The number of para-hydroxylation sites is 1. The maximum Gasteiger partial charge on any atom is 0.240 e. The van der Waals surface area contributed by atoms with Gasteiger partial charge in [0.1, 0.15) is 18.2 Å². The van der Waals surface area contributed by atoms with Crippen LogP contribution in [0, 0.1) is 6.92 Å². The first kappa shape index (κ1) is 17.5. The Labute approximate surface area is 159 Å². The summed E-state index contributed by atoms with van der Waals surface area (Å²) in [5.41, 5.74) is 2.00. The molecular formula is C21H25N5O. The molecule has 6 heteroatoms. The zero-order chi connectivity index (χ0) is 18.6. The second-order valence-corrected chi connectivity index (χ2v) is 7.11. The summed E-state index contributed by atoms with van der Waals surface area (Å²) >= 11 is 0. The molecule has 1 aliphatic rings. The first-order valence-electron chi connectivity index (χ1n) is 9.59. The molecule has 1 aromatic carbocycles. The highest BCUT2D eigenvalue weighted by molar-refractivity contribution is 5.83. The van der Waals surface area contributed by atoms with Crippen molar-refractivity contribution in [1.29, 1.82) is 0 Å². The van der Waals surface area contributed by atoms with Gasteiger partial charge >= 0.3 is 0 Å². The monoisotopic (exact) mass is 363 g/mol. The predicted molar refractivity (Wildman–Crippen MR) is 107 cm³/mol. The fourth-order valence-corrected chi connectivity index (χ4v) is 3.64. The van der Waals surface area contributed by atoms with Gasteiger partial charge in [0.05, 0.1) is 6.54 Å². The Morgan fingerprint density at radius 3 is 2.78 bits per heavy atom. The van der Waals surface area contributed by atoms with Crippen molar-refractivity contribution in [2.24, 2.45) is 0 Å². The maximum atomic E-state index is 12.4. The smallest absolute Gasteiger partial charge is 0.240 e. The third-order valence-electron chi connectivity index (χ3n) is 5.00. The molecule has 1 amide bonds. The van der Waals surface area contributed by atoms with E-state index in [1.54, 1.807) is 0 Å². The Morgan fingerprint density at radius 2 is 1.93 bits per heavy atom. The van der Waals surface area contributed by atoms with Crippen LogP contribution >= 0.6 is 0 Å². The Morgan fingerprint density at radius 1 is 1.11 bits per heavy atom. The molecule has 1 saturated heterocycles. The largest absolute Gasteiger partial charge is 0.357 e. The Balaban J connectivity index is 1.40. The number of hydrogen-bond donors (Lipinski definition) is 1. The van der Waals surface area contributed by atoms with Gasteiger partial charge in [0.2, 0.25) is 5.91 Å². The molecule has 3 heterocycles. The average Bonchev–Trinajstić information content (AvgIpc) is 3.10. The number of anilines is 1. The number of nitrogens with zero attached hydrogens (tertiary/aromatic N) is 4. The summed E-state index contributed by atoms with van der Waals surface area (Å²) in [4.78, 5) is 23.9. The number of benzene rings is 1. The van der Waals surface area contributed by atoms with Crippen molar-refractivity contribution in [2.75, 3.05) is 18.0 Å². The number of carbonyl (C=O) groups excluding carboxylic acids is 1. The molecule has 6 nitrogen and oxygen atoms in total. The lowest BCUT2D eigenvalue weighted by Gasteiger charge is -2.28. The number of rotatable bonds is 5. The minimum Gasteiger partial charge on any atom is -0.357 e. The summed E-state index contributed by atoms with van der Waals surface area (Å²) in [5.74, 6) is 1.60. The molecule has 0 unspecified atom stereocenters. The molecule has 1 fully saturated rings. The third-order valence-corrected chi connectivity index (χ3v) is 5.00. The lowest BCUT2D eigenvalue weighted by molar-refractivity contribution is -0.121. The van der Waals surface area contributed by atoms with Gasteiger partial charge < -0.3 is 14.8 Å². The third kappa shape index (κ3) is 4.10. The lowest BCUT2D eigenvalue weighted by atomic mass is 10.1. The molecule has 0 atom stereocenters. The van der Waals surface area contributed by atoms with Gasteiger partial charge in [-0.05, 0) is 43.7 Å². The van der Waals surface area contributed by atoms with Crippen LogP contribution in [0.15, 0.2) is 42.6 Å². The summed E-state index contributed by atoms with van der Waals surface area (Å²) in [6, 6.07) is 12.1. The maximum absolute atomic E-state index is 12.4. The van der Waals surface area contributed by atoms with E-state index in [2.05, 4.69) is 20.2 Å². The van der Waals surface area contributed by atoms with Crippen molar-refractivity contribution in [1.82, 2.24) is 19.9 Å². The van der Waals surface area contributed by atoms with E-state index in [-0.39, 0.29) is 12.5 Å². The number of piperidine rings is 1. The van der Waals surface area contributed by atoms with Gasteiger partial charge in [-0.25, -0.2) is 9.97 Å². The Bertz CT molecular complexity index is 943. The predicted octanol–water partition coefficient (Wildman–Crippen LogP) is 3.05. The zero-order valence-corrected chi connectivity index (χ0v) is 15.7. The molecule has 3 aromatic rings. The number of amides is 1. The fraction of sp³-hybridized carbons (Fsp3) is 0.381. The van der Waals surface area contributed by atoms with Crippen LogP contribution < -0.4 is 10.2 Å². The van der Waals surface area contributed by atoms with E-state index in [9.17, 15) is 4.79 Å². The van der Waals surface area contributed by atoms with E-state index in [1.165, 1.54) is 19.3 Å². The summed E-state index contributed by atoms with van der Waals surface area (Å²) in [6.45, 7) is 4.71. The molecule has 0 spiro atoms. The quantitative estimate of drug-likeness (QED) is 0.757. The molecule has 0 aliphatic carbocycles. The van der Waals surface area contributed by atoms with E-state index in [0.29, 0.717) is 12.4 Å². The lowest BCUT2D eigenvalue weighted by Crippen LogP contribution is -2.31. The van der Waals surface area contributed by atoms with Gasteiger partial charge in [0.15, 0.2) is 0 Å². The standard InChI is InChI=1S/C21H25N5O/c1-16-13-20(25-10-5-2-6-11-25)24-19(23-16)14-22-21(27)15-26-12-9-17-7-3-4-8-18(17)26/h3-4,7-9,12-13H,2,5-6,10-11,14-15H2,1H3,(H,22,27). The first-order chi connectivity index (χ1) is 13.2. The van der Waals surface area contributed by atoms with Crippen LogP contribution in [0.25, 0.3) is 10.9 Å². The Hall–Kier alpha value is -2.89. The fourth-order valence-electron chi connectivity index (χ4n) is 3.64. The topological polar surface area (TPSA) is 63.1 Å². The van der Waals surface area contributed by atoms with Crippen LogP contribution in [0.4, 0.5) is 5.82 Å². The van der Waals surface area contributed by atoms with Crippen molar-refractivity contribution in [3.63, 3.8) is 0 Å². The normalized spacial score (nSPS) is 14.5. The van der Waals surface area contributed by atoms with Crippen LogP contribution in [0.3, 0.4) is 0 Å². The first-order valence-corrected chi connectivity index (χ1v) is 9.59. The van der Waals surface area contributed by atoms with E-state index in [4.69, 9.17) is 0 Å². The molecule has 27 heavy (non-hydrogen) atoms. The summed E-state index contributed by atoms with van der Waals surface area (Å²) in [6.07, 6.45) is 5.65. The van der Waals surface area contributed by atoms with Crippen molar-refractivity contribution in [2.45, 2.75) is 39.3 Å². The molecule has 0 saturated carbocycles. The van der Waals surface area contributed by atoms with E-state index < -0.39 is 0 Å². The highest BCUT2D eigenvalue weighted by Gasteiger charge is 2.14. The summed E-state index contributed by atoms with van der Waals surface area (Å²) in [5, 5.41) is 4.09. The van der Waals surface area contributed by atoms with E-state index in [0.717, 1.165) is 35.5 Å². The number of carbonyl (C=O) groups is 1. The molecule has 2 aromatic heterocycles. The number of fused-ring (bicyclic) bond motifs is 1. The number of nitrogens with one attached hydrogen (secondary N) is 1. The molecule has 1 N–H and O–H groups in total. The minimum absolute atomic E-state index is 0.0408. The summed E-state index contributed by atoms with van der Waals surface area (Å²) in [7, 11) is 0. The molecular weight excluding hydrogens is 338 g/mol. The van der Waals surface area contributed by atoms with Crippen LogP contribution in [0.5, 0.6) is 0 Å². The number of hydrogen-bond acceptors (Lipinski definition) is 4. The average molecular weight is 363 g/mol. The van der Waals surface area contributed by atoms with Gasteiger partial charge in [-0.15, -0.1) is 0 Å². The van der Waals surface area contributed by atoms with Crippen LogP contribution in [-0.2, 0) is 17.9 Å². The van der Waals surface area contributed by atoms with Gasteiger partial charge in [-0.1, -0.05) is 18.2 Å². The minimum atomic E-state index is -0.0408. The van der Waals surface area contributed by atoms with Crippen LogP contribution in [-0.4, -0.2) is 33.5 Å². The molecule has 0 radical (unpaired) electrons. The number of aromatic nitrogens is 3. The Kier molecular flexibility index (Phi) is 5.05. The van der Waals surface area contributed by atoms with Gasteiger partial charge in [-0.3, -0.25) is 4.79 Å². The van der Waals surface area contributed by atoms with Gasteiger partial charge in [0, 0.05) is 36.6 Å². The van der Waals surface area contributed by atoms with Gasteiger partial charge in [0.25, 0.3) is 0 Å². The van der Waals surface area contributed by atoms with Gasteiger partial charge in [-0.2, -0.15) is 0 Å². The van der Waals surface area contributed by atoms with E-state index >= 15 is 0 Å². The molecule has 4 rings (SSSR count). The zero-order valence-electron chi connectivity index (χ0n) is 15.7. The van der Waals surface area contributed by atoms with Crippen molar-refractivity contribution < 1.29 is 4.79 Å². The van der Waals surface area contributed by atoms with Crippen molar-refractivity contribution in [3.8, 4) is 0 Å². The van der Waals surface area contributed by atoms with Crippen molar-refractivity contribution >= 4 is 22.6 Å². The summed E-state index contributed by atoms with van der Waals surface area (Å²) < 4.78 is 1.96. The van der Waals surface area contributed by atoms with Crippen molar-refractivity contribution in [3.05, 3.63) is 54.1 Å². The second-order valence-electron chi connectivity index (χ2n) is 7.11. The molecule has 1 aliphatic heterocycles. The molecule has 140 valence electrons. The SMILES string of the molecule is Cc1cc(N2CCCCC2)nc(CNC(=O)Cn2ccc3ccccc32)n1. The highest BCUT2D eigenvalue weighted by Crippen LogP contribution is 2.18. The van der Waals surface area contributed by atoms with Crippen LogP contribution in [0.2, 0.25) is 0 Å².